The van der Waals surface area contributed by atoms with Crippen LogP contribution < -0.4 is 5.32 Å². The predicted octanol–water partition coefficient (Wildman–Crippen LogP) is 4.37. The number of carbonyl (C=O) groups excluding carboxylic acids is 2. The number of alkyl halides is 3. The van der Waals surface area contributed by atoms with E-state index in [-0.39, 0.29) is 18.0 Å². The Morgan fingerprint density at radius 3 is 2.32 bits per heavy atom. The molecule has 5 nitrogen and oxygen atoms in total. The van der Waals surface area contributed by atoms with Crippen molar-refractivity contribution < 1.29 is 36.6 Å². The molecule has 1 aliphatic rings. The molecule has 28 heavy (non-hydrogen) atoms. The summed E-state index contributed by atoms with van der Waals surface area (Å²) in [6.45, 7) is 0.0768. The third kappa shape index (κ3) is 7.58. The number of ether oxygens (including phenoxy) is 2. The number of hydrogen-bond acceptors (Lipinski definition) is 4. The Morgan fingerprint density at radius 1 is 1.14 bits per heavy atom. The van der Waals surface area contributed by atoms with Gasteiger partial charge in [-0.15, -0.1) is 0 Å². The van der Waals surface area contributed by atoms with Crippen molar-refractivity contribution in [1.29, 1.82) is 0 Å². The normalized spacial score (nSPS) is 20.4. The monoisotopic (exact) mass is 403 g/mol. The summed E-state index contributed by atoms with van der Waals surface area (Å²) < 4.78 is 58.4. The van der Waals surface area contributed by atoms with Crippen molar-refractivity contribution in [3.63, 3.8) is 0 Å². The van der Waals surface area contributed by atoms with Crippen LogP contribution in [0.15, 0.2) is 30.3 Å². The third-order valence-electron chi connectivity index (χ3n) is 4.28. The van der Waals surface area contributed by atoms with E-state index in [0.29, 0.717) is 36.8 Å². The fourth-order valence-electron chi connectivity index (χ4n) is 2.85. The number of rotatable bonds is 5. The Balaban J connectivity index is 1.74. The Morgan fingerprint density at radius 2 is 1.75 bits per heavy atom. The molecule has 0 atom stereocenters. The van der Waals surface area contributed by atoms with E-state index >= 15 is 0 Å². The zero-order chi connectivity index (χ0) is 20.7. The molecule has 1 aliphatic carbocycles. The van der Waals surface area contributed by atoms with Crippen LogP contribution in [-0.2, 0) is 14.3 Å². The van der Waals surface area contributed by atoms with Crippen molar-refractivity contribution in [2.45, 2.75) is 50.9 Å². The summed E-state index contributed by atoms with van der Waals surface area (Å²) in [6, 6.07) is 5.39. The summed E-state index contributed by atoms with van der Waals surface area (Å²) in [5.41, 5.74) is 1.33. The lowest BCUT2D eigenvalue weighted by Crippen LogP contribution is -2.40. The molecule has 154 valence electrons. The minimum Gasteiger partial charge on any atom is -0.459 e. The van der Waals surface area contributed by atoms with E-state index in [9.17, 15) is 27.2 Å². The van der Waals surface area contributed by atoms with E-state index in [1.165, 1.54) is 18.2 Å². The van der Waals surface area contributed by atoms with Gasteiger partial charge in [-0.1, -0.05) is 12.1 Å². The summed E-state index contributed by atoms with van der Waals surface area (Å²) in [6.07, 6.45) is -2.84. The second-order valence-electron chi connectivity index (χ2n) is 6.58. The maximum atomic E-state index is 12.9. The van der Waals surface area contributed by atoms with Gasteiger partial charge in [0.05, 0.1) is 0 Å². The van der Waals surface area contributed by atoms with E-state index in [1.807, 2.05) is 0 Å². The number of hydrogen-bond donors (Lipinski definition) is 1. The van der Waals surface area contributed by atoms with Gasteiger partial charge in [-0.3, -0.25) is 0 Å². The molecule has 1 fully saturated rings. The van der Waals surface area contributed by atoms with Crippen molar-refractivity contribution >= 4 is 17.6 Å². The smallest absolute Gasteiger partial charge is 0.422 e. The number of alkyl carbamates (subject to hydrolysis) is 1. The van der Waals surface area contributed by atoms with Crippen molar-refractivity contribution in [1.82, 2.24) is 5.32 Å². The van der Waals surface area contributed by atoms with Crippen molar-refractivity contribution in [2.75, 3.05) is 6.61 Å². The highest BCUT2D eigenvalue weighted by atomic mass is 19.4. The SMILES string of the molecule is C/C(=C/C(=O)OC1CCC(NC(=O)OCC(F)(F)F)CC1)c1ccc(F)cc1. The lowest BCUT2D eigenvalue weighted by Gasteiger charge is -2.28. The molecule has 1 N–H and O–H groups in total. The molecule has 1 amide bonds. The summed E-state index contributed by atoms with van der Waals surface area (Å²) in [7, 11) is 0. The molecule has 1 aromatic rings. The van der Waals surface area contributed by atoms with E-state index in [2.05, 4.69) is 10.1 Å². The van der Waals surface area contributed by atoms with Gasteiger partial charge in [0.2, 0.25) is 0 Å². The molecule has 0 heterocycles. The van der Waals surface area contributed by atoms with E-state index in [1.54, 1.807) is 19.1 Å². The molecule has 0 aromatic heterocycles. The average molecular weight is 403 g/mol. The molecule has 1 aromatic carbocycles. The first kappa shape index (κ1) is 21.7. The average Bonchev–Trinajstić information content (AvgIpc) is 2.61. The van der Waals surface area contributed by atoms with Gasteiger partial charge in [0.25, 0.3) is 0 Å². The van der Waals surface area contributed by atoms with Crippen LogP contribution in [0.25, 0.3) is 5.57 Å². The first-order chi connectivity index (χ1) is 13.1. The summed E-state index contributed by atoms with van der Waals surface area (Å²) >= 11 is 0. The van der Waals surface area contributed by atoms with Crippen molar-refractivity contribution in [3.8, 4) is 0 Å². The fourth-order valence-corrected chi connectivity index (χ4v) is 2.85. The molecular formula is C19H21F4NO4. The van der Waals surface area contributed by atoms with Gasteiger partial charge in [-0.05, 0) is 55.9 Å². The highest BCUT2D eigenvalue weighted by Gasteiger charge is 2.30. The van der Waals surface area contributed by atoms with Gasteiger partial charge in [-0.25, -0.2) is 14.0 Å². The maximum Gasteiger partial charge on any atom is 0.422 e. The summed E-state index contributed by atoms with van der Waals surface area (Å²) in [4.78, 5) is 23.4. The zero-order valence-corrected chi connectivity index (χ0v) is 15.2. The summed E-state index contributed by atoms with van der Waals surface area (Å²) in [5, 5.41) is 2.38. The number of esters is 1. The summed E-state index contributed by atoms with van der Waals surface area (Å²) in [5.74, 6) is -0.894. The van der Waals surface area contributed by atoms with Crippen LogP contribution in [0.2, 0.25) is 0 Å². The number of allylic oxidation sites excluding steroid dienone is 1. The van der Waals surface area contributed by atoms with Crippen LogP contribution >= 0.6 is 0 Å². The van der Waals surface area contributed by atoms with Crippen molar-refractivity contribution in [2.24, 2.45) is 0 Å². The highest BCUT2D eigenvalue weighted by Crippen LogP contribution is 2.23. The van der Waals surface area contributed by atoms with Crippen LogP contribution in [-0.4, -0.2) is 37.0 Å². The van der Waals surface area contributed by atoms with E-state index in [0.717, 1.165) is 0 Å². The van der Waals surface area contributed by atoms with Crippen LogP contribution in [0.1, 0.15) is 38.2 Å². The maximum absolute atomic E-state index is 12.9. The first-order valence-corrected chi connectivity index (χ1v) is 8.77. The molecule has 9 heteroatoms. The van der Waals surface area contributed by atoms with Gasteiger partial charge in [0.15, 0.2) is 6.61 Å². The van der Waals surface area contributed by atoms with Gasteiger partial charge in [0.1, 0.15) is 11.9 Å². The molecule has 0 radical (unpaired) electrons. The highest BCUT2D eigenvalue weighted by molar-refractivity contribution is 5.91. The third-order valence-corrected chi connectivity index (χ3v) is 4.28. The van der Waals surface area contributed by atoms with Crippen molar-refractivity contribution in [3.05, 3.63) is 41.7 Å². The van der Waals surface area contributed by atoms with Crippen LogP contribution in [0.5, 0.6) is 0 Å². The van der Waals surface area contributed by atoms with Gasteiger partial charge < -0.3 is 14.8 Å². The molecular weight excluding hydrogens is 382 g/mol. The van der Waals surface area contributed by atoms with Crippen LogP contribution in [0.4, 0.5) is 22.4 Å². The minimum atomic E-state index is -4.57. The quantitative estimate of drug-likeness (QED) is 0.450. The number of amides is 1. The van der Waals surface area contributed by atoms with Crippen LogP contribution in [0.3, 0.4) is 0 Å². The Labute approximate surface area is 159 Å². The molecule has 0 saturated heterocycles. The molecule has 0 aliphatic heterocycles. The predicted molar refractivity (Wildman–Crippen MR) is 92.7 cm³/mol. The van der Waals surface area contributed by atoms with Crippen LogP contribution in [0, 0.1) is 5.82 Å². The van der Waals surface area contributed by atoms with Gasteiger partial charge in [-0.2, -0.15) is 13.2 Å². The Hall–Kier alpha value is -2.58. The Kier molecular flexibility index (Phi) is 7.42. The topological polar surface area (TPSA) is 64.6 Å². The lowest BCUT2D eigenvalue weighted by atomic mass is 9.93. The number of nitrogens with one attached hydrogen (secondary N) is 1. The molecule has 0 unspecified atom stereocenters. The number of benzene rings is 1. The van der Waals surface area contributed by atoms with Gasteiger partial charge in [0, 0.05) is 12.1 Å². The molecule has 0 bridgehead atoms. The van der Waals surface area contributed by atoms with E-state index in [4.69, 9.17) is 4.74 Å². The molecule has 0 spiro atoms. The Bertz CT molecular complexity index is 708. The second-order valence-corrected chi connectivity index (χ2v) is 6.58. The minimum absolute atomic E-state index is 0.327. The fraction of sp³-hybridized carbons (Fsp3) is 0.474. The number of carbonyl (C=O) groups is 2. The molecule has 1 saturated carbocycles. The first-order valence-electron chi connectivity index (χ1n) is 8.77. The number of halogens is 4. The standard InChI is InChI=1S/C19H21F4NO4/c1-12(13-2-4-14(20)5-3-13)10-17(25)28-16-8-6-15(7-9-16)24-18(26)27-11-19(21,22)23/h2-5,10,15-16H,6-9,11H2,1H3,(H,24,26)/b12-10-. The zero-order valence-electron chi connectivity index (χ0n) is 15.2. The lowest BCUT2D eigenvalue weighted by molar-refractivity contribution is -0.160. The second kappa shape index (κ2) is 9.57. The van der Waals surface area contributed by atoms with Gasteiger partial charge >= 0.3 is 18.2 Å². The largest absolute Gasteiger partial charge is 0.459 e. The molecule has 2 rings (SSSR count). The van der Waals surface area contributed by atoms with E-state index < -0.39 is 24.8 Å².